The molecule has 0 aromatic rings. The van der Waals surface area contributed by atoms with Crippen LogP contribution in [0.25, 0.3) is 0 Å². The van der Waals surface area contributed by atoms with E-state index in [1.165, 1.54) is 6.92 Å². The lowest BCUT2D eigenvalue weighted by Crippen LogP contribution is -2.28. The predicted octanol–water partition coefficient (Wildman–Crippen LogP) is -1.17. The van der Waals surface area contributed by atoms with Crippen molar-refractivity contribution >= 4 is 19.7 Å². The fourth-order valence-corrected chi connectivity index (χ4v) is 2.71. The van der Waals surface area contributed by atoms with Crippen LogP contribution in [0.5, 0.6) is 0 Å². The van der Waals surface area contributed by atoms with Crippen molar-refractivity contribution < 1.29 is 21.9 Å². The summed E-state index contributed by atoms with van der Waals surface area (Å²) in [5, 5.41) is 9.09. The summed E-state index contributed by atoms with van der Waals surface area (Å²) in [4.78, 5) is 0. The molecule has 1 atom stereocenters. The first-order valence-electron chi connectivity index (χ1n) is 3.72. The van der Waals surface area contributed by atoms with Crippen LogP contribution in [0.4, 0.5) is 0 Å². The van der Waals surface area contributed by atoms with Gasteiger partial charge in [0, 0.05) is 12.0 Å². The van der Waals surface area contributed by atoms with E-state index in [-0.39, 0.29) is 5.75 Å². The van der Waals surface area contributed by atoms with Crippen LogP contribution in [-0.4, -0.2) is 51.6 Å². The summed E-state index contributed by atoms with van der Waals surface area (Å²) >= 11 is 0. The third-order valence-electron chi connectivity index (χ3n) is 1.38. The third-order valence-corrected chi connectivity index (χ3v) is 4.14. The molecule has 0 aliphatic rings. The van der Waals surface area contributed by atoms with Crippen LogP contribution in [0.15, 0.2) is 0 Å². The summed E-state index contributed by atoms with van der Waals surface area (Å²) in [6.07, 6.45) is -0.366. The van der Waals surface area contributed by atoms with Gasteiger partial charge in [-0.15, -0.1) is 0 Å². The van der Waals surface area contributed by atoms with Gasteiger partial charge in [-0.25, -0.2) is 16.8 Å². The van der Waals surface area contributed by atoms with Crippen LogP contribution in [0, 0.1) is 0 Å². The van der Waals surface area contributed by atoms with Crippen molar-refractivity contribution in [3.63, 3.8) is 0 Å². The first-order valence-corrected chi connectivity index (χ1v) is 7.60. The predicted molar refractivity (Wildman–Crippen MR) is 50.0 cm³/mol. The highest BCUT2D eigenvalue weighted by molar-refractivity contribution is 7.92. The Morgan fingerprint density at radius 3 is 1.92 bits per heavy atom. The number of hydrogen-bond donors (Lipinski definition) is 1. The van der Waals surface area contributed by atoms with Crippen molar-refractivity contribution in [2.24, 2.45) is 0 Å². The fraction of sp³-hybridized carbons (Fsp3) is 1.00. The second-order valence-corrected chi connectivity index (χ2v) is 7.53. The van der Waals surface area contributed by atoms with Gasteiger partial charge in [0.15, 0.2) is 9.84 Å². The molecule has 0 heterocycles. The van der Waals surface area contributed by atoms with E-state index in [1.54, 1.807) is 0 Å². The SMILES string of the molecule is CCS(=O)(=O)CC(O)CS(C)(=O)=O. The Bertz CT molecular complexity index is 339. The van der Waals surface area contributed by atoms with Gasteiger partial charge in [0.25, 0.3) is 0 Å². The highest BCUT2D eigenvalue weighted by Crippen LogP contribution is 1.97. The minimum absolute atomic E-state index is 0.0895. The van der Waals surface area contributed by atoms with Crippen LogP contribution >= 0.6 is 0 Å². The zero-order valence-corrected chi connectivity index (χ0v) is 9.23. The van der Waals surface area contributed by atoms with Gasteiger partial charge in [-0.05, 0) is 0 Å². The lowest BCUT2D eigenvalue weighted by Gasteiger charge is -2.08. The molecule has 0 saturated carbocycles. The molecule has 0 spiro atoms. The van der Waals surface area contributed by atoms with Crippen LogP contribution in [-0.2, 0) is 19.7 Å². The van der Waals surface area contributed by atoms with Crippen molar-refractivity contribution in [2.45, 2.75) is 13.0 Å². The van der Waals surface area contributed by atoms with E-state index in [9.17, 15) is 16.8 Å². The summed E-state index contributed by atoms with van der Waals surface area (Å²) in [6, 6.07) is 0. The van der Waals surface area contributed by atoms with Crippen LogP contribution in [0.3, 0.4) is 0 Å². The lowest BCUT2D eigenvalue weighted by molar-refractivity contribution is 0.220. The second kappa shape index (κ2) is 4.39. The van der Waals surface area contributed by atoms with E-state index in [4.69, 9.17) is 5.11 Å². The van der Waals surface area contributed by atoms with Gasteiger partial charge < -0.3 is 5.11 Å². The minimum atomic E-state index is -3.32. The Morgan fingerprint density at radius 1 is 1.15 bits per heavy atom. The summed E-state index contributed by atoms with van der Waals surface area (Å²) in [6.45, 7) is 1.45. The molecule has 0 fully saturated rings. The third kappa shape index (κ3) is 6.97. The first-order chi connectivity index (χ1) is 5.66. The first kappa shape index (κ1) is 12.9. The van der Waals surface area contributed by atoms with Gasteiger partial charge in [-0.1, -0.05) is 6.92 Å². The van der Waals surface area contributed by atoms with E-state index < -0.39 is 37.3 Å². The highest BCUT2D eigenvalue weighted by atomic mass is 32.2. The zero-order valence-electron chi connectivity index (χ0n) is 7.60. The topological polar surface area (TPSA) is 88.5 Å². The summed E-state index contributed by atoms with van der Waals surface area (Å²) in [5.74, 6) is -1.09. The Morgan fingerprint density at radius 2 is 1.62 bits per heavy atom. The molecule has 0 rings (SSSR count). The number of hydrogen-bond acceptors (Lipinski definition) is 5. The molecule has 5 nitrogen and oxygen atoms in total. The Hall–Kier alpha value is -0.140. The zero-order chi connectivity index (χ0) is 10.7. The molecule has 80 valence electrons. The molecule has 0 aliphatic carbocycles. The van der Waals surface area contributed by atoms with E-state index in [0.29, 0.717) is 0 Å². The van der Waals surface area contributed by atoms with Crippen molar-refractivity contribution in [1.29, 1.82) is 0 Å². The number of aliphatic hydroxyl groups is 1. The molecular formula is C6H14O5S2. The Kier molecular flexibility index (Phi) is 4.34. The molecule has 0 saturated heterocycles. The molecular weight excluding hydrogens is 216 g/mol. The standard InChI is InChI=1S/C6H14O5S2/c1-3-13(10,11)5-6(7)4-12(2,8)9/h6-7H,3-5H2,1-2H3. The van der Waals surface area contributed by atoms with E-state index >= 15 is 0 Å². The van der Waals surface area contributed by atoms with Crippen LogP contribution in [0.2, 0.25) is 0 Å². The second-order valence-electron chi connectivity index (χ2n) is 2.95. The molecule has 13 heavy (non-hydrogen) atoms. The fourth-order valence-electron chi connectivity index (χ4n) is 0.809. The normalized spacial score (nSPS) is 15.6. The summed E-state index contributed by atoms with van der Waals surface area (Å²) < 4.78 is 43.2. The smallest absolute Gasteiger partial charge is 0.152 e. The molecule has 0 aliphatic heterocycles. The summed E-state index contributed by atoms with van der Waals surface area (Å²) in [5.41, 5.74) is 0. The maximum atomic E-state index is 10.9. The molecule has 0 aromatic carbocycles. The van der Waals surface area contributed by atoms with Gasteiger partial charge in [0.2, 0.25) is 0 Å². The van der Waals surface area contributed by atoms with E-state index in [2.05, 4.69) is 0 Å². The van der Waals surface area contributed by atoms with Gasteiger partial charge in [0.1, 0.15) is 9.84 Å². The molecule has 1 unspecified atom stereocenters. The minimum Gasteiger partial charge on any atom is -0.391 e. The average molecular weight is 230 g/mol. The van der Waals surface area contributed by atoms with Crippen LogP contribution in [0.1, 0.15) is 6.92 Å². The number of aliphatic hydroxyl groups excluding tert-OH is 1. The van der Waals surface area contributed by atoms with Crippen molar-refractivity contribution in [3.8, 4) is 0 Å². The van der Waals surface area contributed by atoms with Crippen LogP contribution < -0.4 is 0 Å². The maximum Gasteiger partial charge on any atom is 0.152 e. The van der Waals surface area contributed by atoms with E-state index in [0.717, 1.165) is 6.26 Å². The summed E-state index contributed by atoms with van der Waals surface area (Å²) in [7, 11) is -6.62. The van der Waals surface area contributed by atoms with Gasteiger partial charge >= 0.3 is 0 Å². The van der Waals surface area contributed by atoms with Crippen molar-refractivity contribution in [3.05, 3.63) is 0 Å². The molecule has 0 bridgehead atoms. The molecule has 0 amide bonds. The quantitative estimate of drug-likeness (QED) is 0.642. The molecule has 7 heteroatoms. The molecule has 0 aromatic heterocycles. The number of sulfone groups is 2. The average Bonchev–Trinajstić information content (AvgIpc) is 1.81. The van der Waals surface area contributed by atoms with Crippen molar-refractivity contribution in [2.75, 3.05) is 23.5 Å². The van der Waals surface area contributed by atoms with E-state index in [1.807, 2.05) is 0 Å². The monoisotopic (exact) mass is 230 g/mol. The largest absolute Gasteiger partial charge is 0.391 e. The Labute approximate surface area is 78.6 Å². The molecule has 0 radical (unpaired) electrons. The highest BCUT2D eigenvalue weighted by Gasteiger charge is 2.19. The lowest BCUT2D eigenvalue weighted by atomic mass is 10.5. The number of rotatable bonds is 5. The molecule has 1 N–H and O–H groups in total. The van der Waals surface area contributed by atoms with Crippen molar-refractivity contribution in [1.82, 2.24) is 0 Å². The Balaban J connectivity index is 4.27. The van der Waals surface area contributed by atoms with Gasteiger partial charge in [-0.3, -0.25) is 0 Å². The maximum absolute atomic E-state index is 10.9. The van der Waals surface area contributed by atoms with Gasteiger partial charge in [-0.2, -0.15) is 0 Å². The van der Waals surface area contributed by atoms with Gasteiger partial charge in [0.05, 0.1) is 17.6 Å².